The zero-order chi connectivity index (χ0) is 22.6. The van der Waals surface area contributed by atoms with Gasteiger partial charge in [0, 0.05) is 29.6 Å². The number of benzene rings is 2. The normalized spacial score (nSPS) is 37.0. The second kappa shape index (κ2) is 6.73. The van der Waals surface area contributed by atoms with E-state index in [1.165, 1.54) is 28.8 Å². The third kappa shape index (κ3) is 2.30. The molecule has 6 atom stereocenters. The highest BCUT2D eigenvalue weighted by Gasteiger charge is 2.71. The maximum atomic E-state index is 13.6. The van der Waals surface area contributed by atoms with Gasteiger partial charge in [-0.25, -0.2) is 0 Å². The molecular weight excluding hydrogens is 424 g/mol. The first kappa shape index (κ1) is 19.7. The Morgan fingerprint density at radius 2 is 2.00 bits per heavy atom. The monoisotopic (exact) mass is 454 g/mol. The zero-order valence-corrected chi connectivity index (χ0v) is 19.6. The number of ether oxygens (including phenoxy) is 2. The van der Waals surface area contributed by atoms with E-state index in [2.05, 4.69) is 58.3 Å². The van der Waals surface area contributed by atoms with E-state index in [-0.39, 0.29) is 23.5 Å². The van der Waals surface area contributed by atoms with Crippen molar-refractivity contribution in [3.05, 3.63) is 70.8 Å². The number of amides is 1. The summed E-state index contributed by atoms with van der Waals surface area (Å²) < 4.78 is 12.0. The van der Waals surface area contributed by atoms with Crippen LogP contribution in [0.15, 0.2) is 59.7 Å². The van der Waals surface area contributed by atoms with Crippen LogP contribution in [0.5, 0.6) is 5.75 Å². The Morgan fingerprint density at radius 1 is 1.15 bits per heavy atom. The number of hydrogen-bond acceptors (Lipinski definition) is 4. The molecule has 0 aromatic heterocycles. The Morgan fingerprint density at radius 3 is 2.85 bits per heavy atom. The van der Waals surface area contributed by atoms with Crippen molar-refractivity contribution in [1.29, 1.82) is 0 Å². The van der Waals surface area contributed by atoms with Crippen LogP contribution in [0.2, 0.25) is 0 Å². The van der Waals surface area contributed by atoms with Gasteiger partial charge in [0.25, 0.3) is 0 Å². The summed E-state index contributed by atoms with van der Waals surface area (Å²) in [5.41, 5.74) is 7.03. The third-order valence-corrected chi connectivity index (χ3v) is 10.0. The second-order valence-electron chi connectivity index (χ2n) is 11.1. The molecule has 5 heteroatoms. The molecule has 4 fully saturated rings. The van der Waals surface area contributed by atoms with Crippen LogP contribution in [-0.4, -0.2) is 55.8 Å². The number of carbonyl (C=O) groups excluding carboxylic acids is 1. The maximum absolute atomic E-state index is 13.6. The molecule has 1 saturated carbocycles. The quantitative estimate of drug-likeness (QED) is 0.663. The van der Waals surface area contributed by atoms with Crippen LogP contribution in [0.25, 0.3) is 0 Å². The highest BCUT2D eigenvalue weighted by Crippen LogP contribution is 2.66. The van der Waals surface area contributed by atoms with Gasteiger partial charge in [-0.2, -0.15) is 0 Å². The highest BCUT2D eigenvalue weighted by molar-refractivity contribution is 5.99. The lowest BCUT2D eigenvalue weighted by atomic mass is 9.53. The zero-order valence-electron chi connectivity index (χ0n) is 19.6. The standard InChI is InChI=1S/C29H30N2O3/c1-33-19-8-6-17(7-9-19)12-18-16-34-24-14-26(32)31-23-5-3-2-4-22(23)29-10-11-30-15-21(18)20(13-25(29)30)27(24)28(29)31/h2-9,20,24-25,27-28H,10-16H2,1H3/t20-,24-,25?,27-,28-,29+/m0/s1. The van der Waals surface area contributed by atoms with Crippen molar-refractivity contribution in [3.63, 3.8) is 0 Å². The van der Waals surface area contributed by atoms with Crippen LogP contribution in [0.4, 0.5) is 5.69 Å². The molecule has 5 heterocycles. The fourth-order valence-corrected chi connectivity index (χ4v) is 8.80. The van der Waals surface area contributed by atoms with Crippen molar-refractivity contribution >= 4 is 11.6 Å². The van der Waals surface area contributed by atoms with Gasteiger partial charge in [-0.15, -0.1) is 0 Å². The van der Waals surface area contributed by atoms with Gasteiger partial charge in [0.15, 0.2) is 0 Å². The molecule has 1 aliphatic carbocycles. The molecule has 3 saturated heterocycles. The number of piperidine rings is 2. The van der Waals surface area contributed by atoms with Crippen molar-refractivity contribution < 1.29 is 14.3 Å². The lowest BCUT2D eigenvalue weighted by Crippen LogP contribution is -2.69. The molecule has 1 spiro atoms. The average molecular weight is 455 g/mol. The van der Waals surface area contributed by atoms with Crippen LogP contribution >= 0.6 is 0 Å². The van der Waals surface area contributed by atoms with E-state index < -0.39 is 0 Å². The summed E-state index contributed by atoms with van der Waals surface area (Å²) in [6.07, 6.45) is 3.82. The summed E-state index contributed by atoms with van der Waals surface area (Å²) in [7, 11) is 1.71. The second-order valence-corrected chi connectivity index (χ2v) is 11.1. The molecule has 2 aromatic carbocycles. The number of carbonyl (C=O) groups is 1. The smallest absolute Gasteiger partial charge is 0.229 e. The Hall–Kier alpha value is -2.63. The SMILES string of the molecule is COc1ccc(CC2=C3CN4CC[C@]56c7ccccc7N7C(=O)C[C@H](OC2)[C@@H]([C@H]75)[C@H]3CC46)cc1. The minimum absolute atomic E-state index is 0.0291. The lowest BCUT2D eigenvalue weighted by Gasteiger charge is -2.58. The van der Waals surface area contributed by atoms with Crippen LogP contribution in [0.3, 0.4) is 0 Å². The molecule has 1 unspecified atom stereocenters. The number of nitrogens with zero attached hydrogens (tertiary/aromatic N) is 2. The van der Waals surface area contributed by atoms with E-state index in [0.29, 0.717) is 30.9 Å². The fraction of sp³-hybridized carbons (Fsp3) is 0.483. The van der Waals surface area contributed by atoms with Crippen molar-refractivity contribution in [2.45, 2.75) is 49.3 Å². The highest BCUT2D eigenvalue weighted by atomic mass is 16.5. The van der Waals surface area contributed by atoms with Crippen molar-refractivity contribution in [2.75, 3.05) is 31.7 Å². The molecule has 0 radical (unpaired) electrons. The molecule has 1 amide bonds. The van der Waals surface area contributed by atoms with Gasteiger partial charge >= 0.3 is 0 Å². The van der Waals surface area contributed by atoms with E-state index >= 15 is 0 Å². The van der Waals surface area contributed by atoms with Crippen molar-refractivity contribution in [2.24, 2.45) is 11.8 Å². The van der Waals surface area contributed by atoms with Gasteiger partial charge < -0.3 is 14.4 Å². The fourth-order valence-electron chi connectivity index (χ4n) is 8.80. The topological polar surface area (TPSA) is 42.0 Å². The minimum Gasteiger partial charge on any atom is -0.497 e. The Labute approximate surface area is 200 Å². The van der Waals surface area contributed by atoms with Crippen molar-refractivity contribution in [1.82, 2.24) is 4.90 Å². The molecule has 34 heavy (non-hydrogen) atoms. The summed E-state index contributed by atoms with van der Waals surface area (Å²) in [6, 6.07) is 18.0. The van der Waals surface area contributed by atoms with Crippen LogP contribution in [0, 0.1) is 11.8 Å². The molecule has 2 aromatic rings. The summed E-state index contributed by atoms with van der Waals surface area (Å²) in [4.78, 5) is 18.6. The number of fused-ring (bicyclic) bond motifs is 2. The largest absolute Gasteiger partial charge is 0.497 e. The molecule has 5 nitrogen and oxygen atoms in total. The average Bonchev–Trinajstić information content (AvgIpc) is 3.36. The molecule has 0 N–H and O–H groups in total. The van der Waals surface area contributed by atoms with Crippen LogP contribution in [0.1, 0.15) is 30.4 Å². The minimum atomic E-state index is 0.0291. The molecule has 8 rings (SSSR count). The third-order valence-electron chi connectivity index (χ3n) is 10.0. The van der Waals surface area contributed by atoms with Gasteiger partial charge in [-0.3, -0.25) is 9.69 Å². The van der Waals surface area contributed by atoms with Gasteiger partial charge in [0.1, 0.15) is 5.75 Å². The first-order valence-corrected chi connectivity index (χ1v) is 12.8. The van der Waals surface area contributed by atoms with Gasteiger partial charge in [-0.05, 0) is 66.6 Å². The van der Waals surface area contributed by atoms with E-state index in [1.807, 2.05) is 0 Å². The summed E-state index contributed by atoms with van der Waals surface area (Å²) in [6.45, 7) is 2.84. The summed E-state index contributed by atoms with van der Waals surface area (Å²) in [5, 5.41) is 0. The number of hydrogen-bond donors (Lipinski definition) is 0. The molecule has 174 valence electrons. The van der Waals surface area contributed by atoms with E-state index in [0.717, 1.165) is 31.7 Å². The van der Waals surface area contributed by atoms with E-state index in [4.69, 9.17) is 9.47 Å². The van der Waals surface area contributed by atoms with Crippen molar-refractivity contribution in [3.8, 4) is 5.75 Å². The van der Waals surface area contributed by atoms with Gasteiger partial charge in [-0.1, -0.05) is 35.9 Å². The van der Waals surface area contributed by atoms with Crippen LogP contribution in [-0.2, 0) is 21.4 Å². The Kier molecular flexibility index (Phi) is 3.89. The maximum Gasteiger partial charge on any atom is 0.229 e. The predicted molar refractivity (Wildman–Crippen MR) is 129 cm³/mol. The first-order chi connectivity index (χ1) is 16.7. The van der Waals surface area contributed by atoms with Gasteiger partial charge in [0.05, 0.1) is 32.3 Å². The number of para-hydroxylation sites is 1. The molecular formula is C29H30N2O3. The number of anilines is 1. The van der Waals surface area contributed by atoms with E-state index in [1.54, 1.807) is 12.7 Å². The number of methoxy groups -OCH3 is 1. The first-order valence-electron chi connectivity index (χ1n) is 12.8. The van der Waals surface area contributed by atoms with E-state index in [9.17, 15) is 4.79 Å². The lowest BCUT2D eigenvalue weighted by molar-refractivity contribution is -0.132. The van der Waals surface area contributed by atoms with Crippen LogP contribution < -0.4 is 9.64 Å². The van der Waals surface area contributed by atoms with Gasteiger partial charge in [0.2, 0.25) is 5.91 Å². The number of rotatable bonds is 3. The summed E-state index contributed by atoms with van der Waals surface area (Å²) >= 11 is 0. The Balaban J connectivity index is 1.27. The Bertz CT molecular complexity index is 1240. The molecule has 6 aliphatic rings. The summed E-state index contributed by atoms with van der Waals surface area (Å²) in [5.74, 6) is 2.06. The molecule has 2 bridgehead atoms. The molecule has 5 aliphatic heterocycles. The predicted octanol–water partition coefficient (Wildman–Crippen LogP) is 3.71.